The van der Waals surface area contributed by atoms with Gasteiger partial charge in [0.1, 0.15) is 6.04 Å². The Hall–Kier alpha value is -1.09. The van der Waals surface area contributed by atoms with Crippen LogP contribution in [0.5, 0.6) is 0 Å². The predicted molar refractivity (Wildman–Crippen MR) is 70.7 cm³/mol. The summed E-state index contributed by atoms with van der Waals surface area (Å²) in [5.74, 6) is 0. The standard InChI is InChI=1S/C12H15ClN2O2S/c1-2-3-4-11(9-14)15-18(16,17)12-7-5-10(13)6-8-12/h5-8,11,15H,2-4H2,1H3. The molecule has 1 unspecified atom stereocenters. The van der Waals surface area contributed by atoms with E-state index in [1.54, 1.807) is 0 Å². The van der Waals surface area contributed by atoms with Crippen LogP contribution in [-0.2, 0) is 10.0 Å². The third-order valence-electron chi connectivity index (χ3n) is 2.42. The maximum atomic E-state index is 12.0. The van der Waals surface area contributed by atoms with Crippen molar-refractivity contribution in [3.05, 3.63) is 29.3 Å². The molecule has 18 heavy (non-hydrogen) atoms. The number of rotatable bonds is 6. The molecule has 0 radical (unpaired) electrons. The maximum absolute atomic E-state index is 12.0. The van der Waals surface area contributed by atoms with Gasteiger partial charge in [-0.25, -0.2) is 8.42 Å². The van der Waals surface area contributed by atoms with Crippen LogP contribution >= 0.6 is 11.6 Å². The Labute approximate surface area is 113 Å². The topological polar surface area (TPSA) is 70.0 Å². The van der Waals surface area contributed by atoms with Crippen molar-refractivity contribution in [2.24, 2.45) is 0 Å². The summed E-state index contributed by atoms with van der Waals surface area (Å²) in [7, 11) is -3.65. The van der Waals surface area contributed by atoms with Gasteiger partial charge in [-0.3, -0.25) is 0 Å². The van der Waals surface area contributed by atoms with Gasteiger partial charge in [0, 0.05) is 5.02 Å². The first-order chi connectivity index (χ1) is 8.49. The van der Waals surface area contributed by atoms with Gasteiger partial charge in [-0.05, 0) is 30.7 Å². The molecule has 0 saturated carbocycles. The summed E-state index contributed by atoms with van der Waals surface area (Å²) >= 11 is 5.70. The lowest BCUT2D eigenvalue weighted by molar-refractivity contribution is 0.557. The van der Waals surface area contributed by atoms with Gasteiger partial charge in [-0.15, -0.1) is 0 Å². The smallest absolute Gasteiger partial charge is 0.207 e. The quantitative estimate of drug-likeness (QED) is 0.874. The van der Waals surface area contributed by atoms with E-state index in [9.17, 15) is 8.42 Å². The highest BCUT2D eigenvalue weighted by atomic mass is 35.5. The van der Waals surface area contributed by atoms with Crippen molar-refractivity contribution in [1.29, 1.82) is 5.26 Å². The third-order valence-corrected chi connectivity index (χ3v) is 4.16. The minimum absolute atomic E-state index is 0.114. The Morgan fingerprint density at radius 3 is 2.50 bits per heavy atom. The lowest BCUT2D eigenvalue weighted by Gasteiger charge is -2.11. The molecule has 1 aromatic rings. The molecule has 1 N–H and O–H groups in total. The Morgan fingerprint density at radius 1 is 1.39 bits per heavy atom. The second-order valence-electron chi connectivity index (χ2n) is 3.90. The number of unbranched alkanes of at least 4 members (excludes halogenated alkanes) is 1. The average molecular weight is 287 g/mol. The van der Waals surface area contributed by atoms with E-state index in [4.69, 9.17) is 16.9 Å². The molecule has 0 aliphatic rings. The normalized spacial score (nSPS) is 12.9. The predicted octanol–water partition coefficient (Wildman–Crippen LogP) is 2.70. The molecule has 0 spiro atoms. The summed E-state index contributed by atoms with van der Waals surface area (Å²) in [4.78, 5) is 0.114. The molecule has 4 nitrogen and oxygen atoms in total. The lowest BCUT2D eigenvalue weighted by Crippen LogP contribution is -2.33. The molecule has 98 valence electrons. The Bertz CT molecular complexity index is 520. The summed E-state index contributed by atoms with van der Waals surface area (Å²) in [6, 6.07) is 7.11. The van der Waals surface area contributed by atoms with Crippen LogP contribution in [0.15, 0.2) is 29.2 Å². The highest BCUT2D eigenvalue weighted by molar-refractivity contribution is 7.89. The van der Waals surface area contributed by atoms with Gasteiger partial charge in [0.2, 0.25) is 10.0 Å². The van der Waals surface area contributed by atoms with Crippen LogP contribution in [0.3, 0.4) is 0 Å². The van der Waals surface area contributed by atoms with Gasteiger partial charge < -0.3 is 0 Å². The molecule has 1 atom stereocenters. The molecule has 0 aromatic heterocycles. The van der Waals surface area contributed by atoms with Crippen LogP contribution in [0.25, 0.3) is 0 Å². The molecule has 0 bridgehead atoms. The van der Waals surface area contributed by atoms with Crippen molar-refractivity contribution in [1.82, 2.24) is 4.72 Å². The highest BCUT2D eigenvalue weighted by Gasteiger charge is 2.19. The van der Waals surface area contributed by atoms with Crippen molar-refractivity contribution in [2.45, 2.75) is 37.1 Å². The van der Waals surface area contributed by atoms with Crippen LogP contribution in [0.1, 0.15) is 26.2 Å². The summed E-state index contributed by atoms with van der Waals surface area (Å²) in [6.45, 7) is 1.99. The second-order valence-corrected chi connectivity index (χ2v) is 6.05. The maximum Gasteiger partial charge on any atom is 0.241 e. The van der Waals surface area contributed by atoms with E-state index in [-0.39, 0.29) is 4.90 Å². The molecule has 0 fully saturated rings. The molecule has 0 aliphatic carbocycles. The number of nitrogens with zero attached hydrogens (tertiary/aromatic N) is 1. The zero-order valence-corrected chi connectivity index (χ0v) is 11.6. The van der Waals surface area contributed by atoms with Gasteiger partial charge in [0.05, 0.1) is 11.0 Å². The van der Waals surface area contributed by atoms with Crippen LogP contribution in [0.4, 0.5) is 0 Å². The van der Waals surface area contributed by atoms with Crippen LogP contribution < -0.4 is 4.72 Å². The first-order valence-corrected chi connectivity index (χ1v) is 7.53. The van der Waals surface area contributed by atoms with E-state index < -0.39 is 16.1 Å². The Balaban J connectivity index is 2.81. The van der Waals surface area contributed by atoms with Crippen molar-refractivity contribution in [3.63, 3.8) is 0 Å². The average Bonchev–Trinajstić information content (AvgIpc) is 2.35. The molecule has 0 heterocycles. The fraction of sp³-hybridized carbons (Fsp3) is 0.417. The van der Waals surface area contributed by atoms with Crippen molar-refractivity contribution < 1.29 is 8.42 Å². The van der Waals surface area contributed by atoms with Gasteiger partial charge in [0.15, 0.2) is 0 Å². The van der Waals surface area contributed by atoms with E-state index in [0.29, 0.717) is 11.4 Å². The van der Waals surface area contributed by atoms with Gasteiger partial charge in [0.25, 0.3) is 0 Å². The lowest BCUT2D eigenvalue weighted by atomic mass is 10.1. The van der Waals surface area contributed by atoms with E-state index in [1.165, 1.54) is 24.3 Å². The molecule has 6 heteroatoms. The van der Waals surface area contributed by atoms with Gasteiger partial charge in [-0.2, -0.15) is 9.98 Å². The van der Waals surface area contributed by atoms with E-state index in [0.717, 1.165) is 12.8 Å². The number of hydrogen-bond acceptors (Lipinski definition) is 3. The molecule has 0 saturated heterocycles. The summed E-state index contributed by atoms with van der Waals surface area (Å²) in [5.41, 5.74) is 0. The fourth-order valence-electron chi connectivity index (χ4n) is 1.43. The molecular formula is C12H15ClN2O2S. The van der Waals surface area contributed by atoms with Gasteiger partial charge >= 0.3 is 0 Å². The number of hydrogen-bond donors (Lipinski definition) is 1. The molecular weight excluding hydrogens is 272 g/mol. The van der Waals surface area contributed by atoms with Gasteiger partial charge in [-0.1, -0.05) is 31.4 Å². The molecule has 0 aliphatic heterocycles. The summed E-state index contributed by atoms with van der Waals surface area (Å²) in [5, 5.41) is 9.38. The first kappa shape index (κ1) is 15.0. The van der Waals surface area contributed by atoms with Crippen LogP contribution in [-0.4, -0.2) is 14.5 Å². The first-order valence-electron chi connectivity index (χ1n) is 5.67. The SMILES string of the molecule is CCCCC(C#N)NS(=O)(=O)c1ccc(Cl)cc1. The fourth-order valence-corrected chi connectivity index (χ4v) is 2.73. The monoisotopic (exact) mass is 286 g/mol. The molecule has 1 rings (SSSR count). The summed E-state index contributed by atoms with van der Waals surface area (Å²) in [6.07, 6.45) is 2.24. The van der Waals surface area contributed by atoms with Crippen molar-refractivity contribution >= 4 is 21.6 Å². The Kier molecular flexibility index (Phi) is 5.60. The minimum Gasteiger partial charge on any atom is -0.207 e. The second kappa shape index (κ2) is 6.74. The van der Waals surface area contributed by atoms with Crippen LogP contribution in [0.2, 0.25) is 5.02 Å². The van der Waals surface area contributed by atoms with Crippen molar-refractivity contribution in [2.75, 3.05) is 0 Å². The zero-order chi connectivity index (χ0) is 13.6. The summed E-state index contributed by atoms with van der Waals surface area (Å²) < 4.78 is 26.3. The number of benzene rings is 1. The number of nitrogens with one attached hydrogen (secondary N) is 1. The zero-order valence-electron chi connectivity index (χ0n) is 10.1. The number of nitriles is 1. The van der Waals surface area contributed by atoms with Crippen LogP contribution in [0, 0.1) is 11.3 Å². The van der Waals surface area contributed by atoms with E-state index in [2.05, 4.69) is 4.72 Å². The minimum atomic E-state index is -3.65. The van der Waals surface area contributed by atoms with E-state index >= 15 is 0 Å². The Morgan fingerprint density at radius 2 is 2.00 bits per heavy atom. The highest BCUT2D eigenvalue weighted by Crippen LogP contribution is 2.14. The number of sulfonamides is 1. The molecule has 1 aromatic carbocycles. The van der Waals surface area contributed by atoms with Crippen molar-refractivity contribution in [3.8, 4) is 6.07 Å². The number of halogens is 1. The van der Waals surface area contributed by atoms with E-state index in [1.807, 2.05) is 13.0 Å². The molecule has 0 amide bonds. The largest absolute Gasteiger partial charge is 0.241 e. The third kappa shape index (κ3) is 4.30.